The summed E-state index contributed by atoms with van der Waals surface area (Å²) in [6.07, 6.45) is 3.74. The van der Waals surface area contributed by atoms with E-state index in [2.05, 4.69) is 32.7 Å². The van der Waals surface area contributed by atoms with Gasteiger partial charge in [-0.1, -0.05) is 6.42 Å². The third-order valence-corrected chi connectivity index (χ3v) is 5.43. The van der Waals surface area contributed by atoms with E-state index in [0.717, 1.165) is 13.1 Å². The van der Waals surface area contributed by atoms with E-state index in [4.69, 9.17) is 0 Å². The maximum atomic E-state index is 14.2. The van der Waals surface area contributed by atoms with Crippen LogP contribution in [-0.2, 0) is 6.54 Å². The molecule has 116 valence electrons. The van der Waals surface area contributed by atoms with Crippen molar-refractivity contribution in [1.82, 2.24) is 9.80 Å². The van der Waals surface area contributed by atoms with Gasteiger partial charge in [-0.2, -0.15) is 0 Å². The van der Waals surface area contributed by atoms with Crippen LogP contribution in [0.3, 0.4) is 0 Å². The third-order valence-electron chi connectivity index (χ3n) is 4.82. The van der Waals surface area contributed by atoms with Gasteiger partial charge in [0.05, 0.1) is 4.47 Å². The normalized spacial score (nSPS) is 27.6. The minimum absolute atomic E-state index is 0.181. The summed E-state index contributed by atoms with van der Waals surface area (Å²) < 4.78 is 28.4. The number of piperidine rings is 1. The molecule has 0 spiro atoms. The second-order valence-corrected chi connectivity index (χ2v) is 7.10. The smallest absolute Gasteiger partial charge is 0.144 e. The number of rotatable bonds is 2. The topological polar surface area (TPSA) is 6.48 Å². The molecule has 2 saturated heterocycles. The van der Waals surface area contributed by atoms with Crippen molar-refractivity contribution in [3.8, 4) is 0 Å². The molecular formula is C16H21BrF2N2. The molecule has 21 heavy (non-hydrogen) atoms. The molecule has 2 aliphatic heterocycles. The molecular weight excluding hydrogens is 338 g/mol. The molecule has 0 saturated carbocycles. The Kier molecular flexibility index (Phi) is 4.62. The molecule has 0 bridgehead atoms. The fourth-order valence-electron chi connectivity index (χ4n) is 3.55. The minimum atomic E-state index is -0.465. The summed E-state index contributed by atoms with van der Waals surface area (Å²) in [7, 11) is 0. The van der Waals surface area contributed by atoms with Crippen LogP contribution in [0, 0.1) is 11.6 Å². The first kappa shape index (κ1) is 15.4. The maximum absolute atomic E-state index is 14.2. The molecule has 0 amide bonds. The number of halogens is 3. The Hall–Kier alpha value is -0.520. The van der Waals surface area contributed by atoms with Crippen molar-refractivity contribution in [3.63, 3.8) is 0 Å². The van der Waals surface area contributed by atoms with Gasteiger partial charge in [0.2, 0.25) is 0 Å². The number of hydrogen-bond donors (Lipinski definition) is 0. The highest BCUT2D eigenvalue weighted by Gasteiger charge is 2.33. The van der Waals surface area contributed by atoms with E-state index >= 15 is 0 Å². The average molecular weight is 359 g/mol. The zero-order valence-corrected chi connectivity index (χ0v) is 13.9. The van der Waals surface area contributed by atoms with Gasteiger partial charge in [-0.15, -0.1) is 0 Å². The molecule has 0 radical (unpaired) electrons. The predicted molar refractivity (Wildman–Crippen MR) is 83.1 cm³/mol. The summed E-state index contributed by atoms with van der Waals surface area (Å²) in [5, 5.41) is 0. The first-order chi connectivity index (χ1) is 10.1. The monoisotopic (exact) mass is 358 g/mol. The Morgan fingerprint density at radius 3 is 2.86 bits per heavy atom. The average Bonchev–Trinajstić information content (AvgIpc) is 2.48. The van der Waals surface area contributed by atoms with E-state index in [0.29, 0.717) is 23.1 Å². The second kappa shape index (κ2) is 6.31. The van der Waals surface area contributed by atoms with E-state index in [1.54, 1.807) is 0 Å². The zero-order chi connectivity index (χ0) is 15.0. The van der Waals surface area contributed by atoms with Crippen molar-refractivity contribution in [3.05, 3.63) is 33.8 Å². The molecule has 5 heteroatoms. The van der Waals surface area contributed by atoms with E-state index < -0.39 is 11.6 Å². The third kappa shape index (κ3) is 3.15. The van der Waals surface area contributed by atoms with Gasteiger partial charge >= 0.3 is 0 Å². The number of piperazine rings is 1. The number of nitrogens with zero attached hydrogens (tertiary/aromatic N) is 2. The molecule has 2 heterocycles. The highest BCUT2D eigenvalue weighted by Crippen LogP contribution is 2.28. The predicted octanol–water partition coefficient (Wildman–Crippen LogP) is 3.79. The van der Waals surface area contributed by atoms with E-state index in [-0.39, 0.29) is 5.56 Å². The summed E-state index contributed by atoms with van der Waals surface area (Å²) in [6.45, 7) is 5.58. The van der Waals surface area contributed by atoms with Gasteiger partial charge < -0.3 is 0 Å². The Labute approximate surface area is 133 Å². The molecule has 1 aromatic rings. The molecule has 0 N–H and O–H groups in total. The molecule has 0 aliphatic carbocycles. The lowest BCUT2D eigenvalue weighted by molar-refractivity contribution is 0.0101. The Morgan fingerprint density at radius 2 is 2.05 bits per heavy atom. The highest BCUT2D eigenvalue weighted by molar-refractivity contribution is 9.10. The number of benzene rings is 1. The Balaban J connectivity index is 1.77. The van der Waals surface area contributed by atoms with Gasteiger partial charge in [-0.25, -0.2) is 8.78 Å². The van der Waals surface area contributed by atoms with Crippen molar-refractivity contribution in [1.29, 1.82) is 0 Å². The second-order valence-electron chi connectivity index (χ2n) is 6.24. The first-order valence-electron chi connectivity index (χ1n) is 7.66. The molecule has 2 nitrogen and oxygen atoms in total. The van der Waals surface area contributed by atoms with Gasteiger partial charge in [-0.05, 0) is 54.4 Å². The van der Waals surface area contributed by atoms with Crippen molar-refractivity contribution < 1.29 is 8.78 Å². The number of hydrogen-bond acceptors (Lipinski definition) is 2. The summed E-state index contributed by atoms with van der Waals surface area (Å²) in [5.41, 5.74) is 0.181. The summed E-state index contributed by atoms with van der Waals surface area (Å²) in [5.74, 6) is -0.915. The first-order valence-corrected chi connectivity index (χ1v) is 8.46. The van der Waals surface area contributed by atoms with Crippen LogP contribution in [0.25, 0.3) is 0 Å². The molecule has 2 aliphatic rings. The van der Waals surface area contributed by atoms with Crippen LogP contribution < -0.4 is 0 Å². The molecule has 2 unspecified atom stereocenters. The van der Waals surface area contributed by atoms with Crippen LogP contribution in [0.5, 0.6) is 0 Å². The molecule has 2 atom stereocenters. The molecule has 2 fully saturated rings. The van der Waals surface area contributed by atoms with Crippen molar-refractivity contribution in [2.24, 2.45) is 0 Å². The lowest BCUT2D eigenvalue weighted by Crippen LogP contribution is -2.58. The SMILES string of the molecule is CC1CN2CCCCC2CN1Cc1c(F)ccc(Br)c1F. The number of fused-ring (bicyclic) bond motifs is 1. The lowest BCUT2D eigenvalue weighted by atomic mass is 9.96. The van der Waals surface area contributed by atoms with Crippen LogP contribution in [0.4, 0.5) is 8.78 Å². The maximum Gasteiger partial charge on any atom is 0.144 e. The molecule has 0 aromatic heterocycles. The van der Waals surface area contributed by atoms with Crippen molar-refractivity contribution in [2.45, 2.75) is 44.8 Å². The lowest BCUT2D eigenvalue weighted by Gasteiger charge is -2.47. The molecule has 1 aromatic carbocycles. The standard InChI is InChI=1S/C16H21BrF2N2/c1-11-8-20-7-3-2-4-12(20)9-21(11)10-13-15(18)6-5-14(17)16(13)19/h5-6,11-12H,2-4,7-10H2,1H3. The Bertz CT molecular complexity index is 523. The zero-order valence-electron chi connectivity index (χ0n) is 12.3. The van der Waals surface area contributed by atoms with Gasteiger partial charge in [-0.3, -0.25) is 9.80 Å². The summed E-state index contributed by atoms with van der Waals surface area (Å²) >= 11 is 3.15. The Morgan fingerprint density at radius 1 is 1.24 bits per heavy atom. The quantitative estimate of drug-likeness (QED) is 0.742. The van der Waals surface area contributed by atoms with Gasteiger partial charge in [0.25, 0.3) is 0 Å². The van der Waals surface area contributed by atoms with E-state index in [1.807, 2.05) is 0 Å². The fraction of sp³-hybridized carbons (Fsp3) is 0.625. The summed E-state index contributed by atoms with van der Waals surface area (Å²) in [4.78, 5) is 4.76. The largest absolute Gasteiger partial charge is 0.298 e. The minimum Gasteiger partial charge on any atom is -0.298 e. The van der Waals surface area contributed by atoms with Crippen LogP contribution in [-0.4, -0.2) is 41.5 Å². The molecule has 3 rings (SSSR count). The van der Waals surface area contributed by atoms with E-state index in [9.17, 15) is 8.78 Å². The van der Waals surface area contributed by atoms with Crippen LogP contribution in [0.2, 0.25) is 0 Å². The van der Waals surface area contributed by atoms with Crippen molar-refractivity contribution in [2.75, 3.05) is 19.6 Å². The van der Waals surface area contributed by atoms with Gasteiger partial charge in [0.1, 0.15) is 11.6 Å². The summed E-state index contributed by atoms with van der Waals surface area (Å²) in [6, 6.07) is 3.64. The van der Waals surface area contributed by atoms with Gasteiger partial charge in [0, 0.05) is 37.3 Å². The van der Waals surface area contributed by atoms with Gasteiger partial charge in [0.15, 0.2) is 0 Å². The van der Waals surface area contributed by atoms with Crippen LogP contribution in [0.1, 0.15) is 31.7 Å². The van der Waals surface area contributed by atoms with E-state index in [1.165, 1.54) is 37.9 Å². The highest BCUT2D eigenvalue weighted by atomic mass is 79.9. The van der Waals surface area contributed by atoms with Crippen molar-refractivity contribution >= 4 is 15.9 Å². The van der Waals surface area contributed by atoms with Crippen LogP contribution >= 0.6 is 15.9 Å². The van der Waals surface area contributed by atoms with Crippen LogP contribution in [0.15, 0.2) is 16.6 Å². The fourth-order valence-corrected chi connectivity index (χ4v) is 3.92.